The number of ether oxygens (including phenoxy) is 2. The van der Waals surface area contributed by atoms with Crippen molar-refractivity contribution in [3.63, 3.8) is 0 Å². The van der Waals surface area contributed by atoms with E-state index in [1.165, 1.54) is 5.56 Å². The SMILES string of the molecule is O=C(C1=C[C@H](c2ccccc2)C[C@H](OCc2ccc(CO)cc2)O1)N1CCN(Cc2ccccc2)CC1. The van der Waals surface area contributed by atoms with Gasteiger partial charge in [0.1, 0.15) is 0 Å². The van der Waals surface area contributed by atoms with Crippen molar-refractivity contribution in [3.05, 3.63) is 119 Å². The minimum Gasteiger partial charge on any atom is -0.459 e. The topological polar surface area (TPSA) is 62.2 Å². The second kappa shape index (κ2) is 12.2. The van der Waals surface area contributed by atoms with Gasteiger partial charge in [0.2, 0.25) is 6.29 Å². The van der Waals surface area contributed by atoms with Crippen molar-refractivity contribution in [1.29, 1.82) is 0 Å². The molecule has 0 saturated carbocycles. The molecule has 0 aliphatic carbocycles. The molecule has 2 aliphatic rings. The van der Waals surface area contributed by atoms with Crippen molar-refractivity contribution in [1.82, 2.24) is 9.80 Å². The first-order valence-corrected chi connectivity index (χ1v) is 13.0. The van der Waals surface area contributed by atoms with Gasteiger partial charge in [-0.1, -0.05) is 84.9 Å². The number of aliphatic hydroxyl groups is 1. The Kier molecular flexibility index (Phi) is 8.31. The molecule has 2 aliphatic heterocycles. The van der Waals surface area contributed by atoms with Crippen LogP contribution in [-0.2, 0) is 34.0 Å². The van der Waals surface area contributed by atoms with E-state index >= 15 is 0 Å². The maximum absolute atomic E-state index is 13.5. The highest BCUT2D eigenvalue weighted by atomic mass is 16.7. The summed E-state index contributed by atoms with van der Waals surface area (Å²) in [5.74, 6) is 0.341. The third-order valence-corrected chi connectivity index (χ3v) is 7.05. The van der Waals surface area contributed by atoms with Gasteiger partial charge < -0.3 is 19.5 Å². The third kappa shape index (κ3) is 6.66. The predicted molar refractivity (Wildman–Crippen MR) is 142 cm³/mol. The minimum absolute atomic E-state index is 0.0163. The van der Waals surface area contributed by atoms with E-state index in [0.717, 1.165) is 36.3 Å². The van der Waals surface area contributed by atoms with Crippen molar-refractivity contribution in [3.8, 4) is 0 Å². The highest BCUT2D eigenvalue weighted by Crippen LogP contribution is 2.32. The lowest BCUT2D eigenvalue weighted by atomic mass is 9.93. The van der Waals surface area contributed by atoms with E-state index in [4.69, 9.17) is 9.47 Å². The molecule has 192 valence electrons. The molecular formula is C31H34N2O4. The molecule has 6 heteroatoms. The Morgan fingerprint density at radius 2 is 1.49 bits per heavy atom. The largest absolute Gasteiger partial charge is 0.459 e. The fourth-order valence-corrected chi connectivity index (χ4v) is 4.88. The van der Waals surface area contributed by atoms with Gasteiger partial charge in [-0.25, -0.2) is 0 Å². The summed E-state index contributed by atoms with van der Waals surface area (Å²) in [4.78, 5) is 17.8. The van der Waals surface area contributed by atoms with Gasteiger partial charge >= 0.3 is 0 Å². The van der Waals surface area contributed by atoms with Crippen LogP contribution >= 0.6 is 0 Å². The highest BCUT2D eigenvalue weighted by Gasteiger charge is 2.32. The summed E-state index contributed by atoms with van der Waals surface area (Å²) in [5, 5.41) is 9.27. The lowest BCUT2D eigenvalue weighted by Crippen LogP contribution is -2.49. The summed E-state index contributed by atoms with van der Waals surface area (Å²) in [6.07, 6.45) is 2.08. The summed E-state index contributed by atoms with van der Waals surface area (Å²) in [6, 6.07) is 28.3. The number of carbonyl (C=O) groups is 1. The number of nitrogens with zero attached hydrogens (tertiary/aromatic N) is 2. The quantitative estimate of drug-likeness (QED) is 0.497. The van der Waals surface area contributed by atoms with Crippen molar-refractivity contribution in [2.24, 2.45) is 0 Å². The summed E-state index contributed by atoms with van der Waals surface area (Å²) >= 11 is 0. The molecule has 3 aromatic rings. The molecule has 3 aromatic carbocycles. The van der Waals surface area contributed by atoms with Gasteiger partial charge in [0.25, 0.3) is 5.91 Å². The van der Waals surface area contributed by atoms with Crippen LogP contribution in [0.4, 0.5) is 0 Å². The molecule has 37 heavy (non-hydrogen) atoms. The molecule has 0 spiro atoms. The molecule has 6 nitrogen and oxygen atoms in total. The average Bonchev–Trinajstić information content (AvgIpc) is 2.97. The lowest BCUT2D eigenvalue weighted by Gasteiger charge is -2.36. The van der Waals surface area contributed by atoms with Gasteiger partial charge in [-0.3, -0.25) is 9.69 Å². The molecule has 1 N–H and O–H groups in total. The Morgan fingerprint density at radius 3 is 2.16 bits per heavy atom. The van der Waals surface area contributed by atoms with Crippen LogP contribution in [0.5, 0.6) is 0 Å². The fourth-order valence-electron chi connectivity index (χ4n) is 4.88. The van der Waals surface area contributed by atoms with Gasteiger partial charge in [0, 0.05) is 45.1 Å². The molecule has 1 amide bonds. The molecule has 2 heterocycles. The van der Waals surface area contributed by atoms with E-state index < -0.39 is 6.29 Å². The molecular weight excluding hydrogens is 464 g/mol. The van der Waals surface area contributed by atoms with Crippen LogP contribution in [0.1, 0.15) is 34.6 Å². The molecule has 2 atom stereocenters. The smallest absolute Gasteiger partial charge is 0.288 e. The van der Waals surface area contributed by atoms with E-state index in [0.29, 0.717) is 31.9 Å². The normalized spacial score (nSPS) is 20.2. The molecule has 1 saturated heterocycles. The number of hydrogen-bond donors (Lipinski definition) is 1. The number of amides is 1. The molecule has 0 aromatic heterocycles. The van der Waals surface area contributed by atoms with Gasteiger partial charge in [0.05, 0.1) is 13.2 Å². The summed E-state index contributed by atoms with van der Waals surface area (Å²) in [5.41, 5.74) is 4.29. The maximum atomic E-state index is 13.5. The van der Waals surface area contributed by atoms with Crippen LogP contribution in [0.2, 0.25) is 0 Å². The zero-order valence-corrected chi connectivity index (χ0v) is 21.0. The summed E-state index contributed by atoms with van der Waals surface area (Å²) < 4.78 is 12.3. The first-order valence-electron chi connectivity index (χ1n) is 13.0. The fraction of sp³-hybridized carbons (Fsp3) is 0.323. The van der Waals surface area contributed by atoms with Crippen LogP contribution in [0, 0.1) is 0 Å². The average molecular weight is 499 g/mol. The second-order valence-electron chi connectivity index (χ2n) is 9.67. The summed E-state index contributed by atoms with van der Waals surface area (Å²) in [6.45, 7) is 4.29. The van der Waals surface area contributed by atoms with Crippen LogP contribution < -0.4 is 0 Å². The Morgan fingerprint density at radius 1 is 0.838 bits per heavy atom. The van der Waals surface area contributed by atoms with E-state index in [9.17, 15) is 9.90 Å². The first kappa shape index (κ1) is 25.2. The number of rotatable bonds is 8. The standard InChI is InChI=1S/C31H34N2O4/c34-22-25-11-13-26(14-12-25)23-36-30-20-28(27-9-5-2-6-10-27)19-29(37-30)31(35)33-17-15-32(16-18-33)21-24-7-3-1-4-8-24/h1-14,19,28,30,34H,15-18,20-23H2/t28-,30+/m0/s1. The zero-order valence-electron chi connectivity index (χ0n) is 21.0. The number of aliphatic hydroxyl groups excluding tert-OH is 1. The van der Waals surface area contributed by atoms with Crippen molar-refractivity contribution in [2.45, 2.75) is 38.4 Å². The third-order valence-electron chi connectivity index (χ3n) is 7.05. The molecule has 0 unspecified atom stereocenters. The first-order chi connectivity index (χ1) is 18.2. The van der Waals surface area contributed by atoms with E-state index in [1.54, 1.807) is 0 Å². The van der Waals surface area contributed by atoms with Gasteiger partial charge in [0.15, 0.2) is 5.76 Å². The molecule has 1 fully saturated rings. The summed E-state index contributed by atoms with van der Waals surface area (Å²) in [7, 11) is 0. The van der Waals surface area contributed by atoms with Crippen molar-refractivity contribution in [2.75, 3.05) is 26.2 Å². The molecule has 0 bridgehead atoms. The van der Waals surface area contributed by atoms with Gasteiger partial charge in [-0.15, -0.1) is 0 Å². The zero-order chi connectivity index (χ0) is 25.5. The molecule has 0 radical (unpaired) electrons. The maximum Gasteiger partial charge on any atom is 0.288 e. The van der Waals surface area contributed by atoms with Crippen molar-refractivity contribution >= 4 is 5.91 Å². The van der Waals surface area contributed by atoms with Crippen LogP contribution in [0.25, 0.3) is 0 Å². The monoisotopic (exact) mass is 498 g/mol. The minimum atomic E-state index is -0.522. The Balaban J connectivity index is 1.24. The van der Waals surface area contributed by atoms with Crippen molar-refractivity contribution < 1.29 is 19.4 Å². The Labute approximate surface area is 218 Å². The van der Waals surface area contributed by atoms with Crippen LogP contribution in [0.3, 0.4) is 0 Å². The van der Waals surface area contributed by atoms with E-state index in [-0.39, 0.29) is 18.4 Å². The Bertz CT molecular complexity index is 1170. The van der Waals surface area contributed by atoms with Gasteiger partial charge in [-0.05, 0) is 28.3 Å². The number of carbonyl (C=O) groups excluding carboxylic acids is 1. The van der Waals surface area contributed by atoms with E-state index in [1.807, 2.05) is 59.5 Å². The highest BCUT2D eigenvalue weighted by molar-refractivity contribution is 5.92. The number of piperazine rings is 1. The van der Waals surface area contributed by atoms with Crippen LogP contribution in [0.15, 0.2) is 96.8 Å². The molecule has 5 rings (SSSR count). The number of benzene rings is 3. The lowest BCUT2D eigenvalue weighted by molar-refractivity contribution is -0.157. The number of hydrogen-bond acceptors (Lipinski definition) is 5. The van der Waals surface area contributed by atoms with Crippen LogP contribution in [-0.4, -0.2) is 53.3 Å². The van der Waals surface area contributed by atoms with E-state index in [2.05, 4.69) is 41.3 Å². The Hall–Kier alpha value is -3.45. The second-order valence-corrected chi connectivity index (χ2v) is 9.67. The predicted octanol–water partition coefficient (Wildman–Crippen LogP) is 4.45. The van der Waals surface area contributed by atoms with Gasteiger partial charge in [-0.2, -0.15) is 0 Å². The number of allylic oxidation sites excluding steroid dienone is 1.